The molecule has 0 aliphatic carbocycles. The summed E-state index contributed by atoms with van der Waals surface area (Å²) in [5.41, 5.74) is 9.77. The van der Waals surface area contributed by atoms with Crippen molar-refractivity contribution in [3.05, 3.63) is 64.7 Å². The Morgan fingerprint density at radius 3 is 2.89 bits per heavy atom. The molecule has 11 heteroatoms. The number of hydrogen-bond donors (Lipinski definition) is 3. The highest BCUT2D eigenvalue weighted by atomic mass is 19.1. The van der Waals surface area contributed by atoms with Gasteiger partial charge in [-0.15, -0.1) is 0 Å². The zero-order valence-electron chi connectivity index (χ0n) is 19.3. The molecule has 0 radical (unpaired) electrons. The number of amidine groups is 1. The molecule has 3 heterocycles. The standard InChI is InChI=1S/C24H25FN6O4/c1-13-22-19(30-24(26)27-13)12-18(29-23(22)31-35-10-4-7-21(32)33)15-9-8-14(25)11-16(15)17-5-3-6-20(28-17)34-2/h3,5-6,8-9,11,18H,4,7,10,12H2,1-2H3,(H,29,31)(H,32,33)(H2,26,27,30)/t18-/m1/s1. The lowest BCUT2D eigenvalue weighted by Gasteiger charge is -2.29. The van der Waals surface area contributed by atoms with Gasteiger partial charge in [0.2, 0.25) is 11.8 Å². The second-order valence-corrected chi connectivity index (χ2v) is 7.96. The summed E-state index contributed by atoms with van der Waals surface area (Å²) in [4.78, 5) is 29.3. The molecule has 3 aromatic rings. The monoisotopic (exact) mass is 480 g/mol. The molecule has 182 valence electrons. The Labute approximate surface area is 201 Å². The first-order valence-electron chi connectivity index (χ1n) is 11.0. The number of hydrogen-bond acceptors (Lipinski definition) is 8. The Bertz CT molecular complexity index is 1280. The molecule has 4 N–H and O–H groups in total. The van der Waals surface area contributed by atoms with E-state index in [1.54, 1.807) is 31.2 Å². The highest BCUT2D eigenvalue weighted by molar-refractivity contribution is 6.01. The average molecular weight is 481 g/mol. The third-order valence-electron chi connectivity index (χ3n) is 5.51. The van der Waals surface area contributed by atoms with E-state index in [9.17, 15) is 9.18 Å². The van der Waals surface area contributed by atoms with Crippen molar-refractivity contribution >= 4 is 17.8 Å². The van der Waals surface area contributed by atoms with Crippen LogP contribution in [-0.4, -0.2) is 45.6 Å². The second kappa shape index (κ2) is 10.3. The molecule has 1 aromatic carbocycles. The minimum absolute atomic E-state index is 0.0252. The van der Waals surface area contributed by atoms with Gasteiger partial charge in [0.1, 0.15) is 12.4 Å². The smallest absolute Gasteiger partial charge is 0.303 e. The van der Waals surface area contributed by atoms with E-state index >= 15 is 0 Å². The van der Waals surface area contributed by atoms with Crippen LogP contribution in [0.3, 0.4) is 0 Å². The summed E-state index contributed by atoms with van der Waals surface area (Å²) < 4.78 is 19.5. The molecular formula is C24H25FN6O4. The lowest BCUT2D eigenvalue weighted by atomic mass is 9.90. The number of rotatable bonds is 8. The number of ether oxygens (including phenoxy) is 1. The number of anilines is 1. The van der Waals surface area contributed by atoms with Crippen molar-refractivity contribution in [2.45, 2.75) is 32.2 Å². The van der Waals surface area contributed by atoms with Gasteiger partial charge in [-0.2, -0.15) is 0 Å². The predicted molar refractivity (Wildman–Crippen MR) is 126 cm³/mol. The van der Waals surface area contributed by atoms with E-state index in [-0.39, 0.29) is 25.0 Å². The predicted octanol–water partition coefficient (Wildman–Crippen LogP) is 3.01. The van der Waals surface area contributed by atoms with Crippen LogP contribution in [-0.2, 0) is 16.1 Å². The summed E-state index contributed by atoms with van der Waals surface area (Å²) in [5.74, 6) is -0.372. The first-order valence-corrected chi connectivity index (χ1v) is 11.0. The number of methoxy groups -OCH3 is 1. The first-order chi connectivity index (χ1) is 16.9. The number of aromatic nitrogens is 3. The Morgan fingerprint density at radius 1 is 1.29 bits per heavy atom. The Kier molecular flexibility index (Phi) is 7.04. The van der Waals surface area contributed by atoms with Crippen LogP contribution in [0, 0.1) is 12.7 Å². The highest BCUT2D eigenvalue weighted by Gasteiger charge is 2.30. The zero-order chi connectivity index (χ0) is 24.9. The normalized spacial score (nSPS) is 15.9. The van der Waals surface area contributed by atoms with Crippen LogP contribution in [0.1, 0.15) is 41.4 Å². The molecule has 1 aliphatic rings. The number of nitrogen functional groups attached to an aromatic ring is 1. The van der Waals surface area contributed by atoms with E-state index in [1.807, 2.05) is 0 Å². The van der Waals surface area contributed by atoms with Gasteiger partial charge < -0.3 is 25.7 Å². The van der Waals surface area contributed by atoms with Crippen LogP contribution in [0.15, 0.2) is 41.6 Å². The van der Waals surface area contributed by atoms with Gasteiger partial charge in [-0.3, -0.25) is 4.79 Å². The molecule has 0 saturated heterocycles. The largest absolute Gasteiger partial charge is 0.481 e. The number of oxime groups is 1. The van der Waals surface area contributed by atoms with E-state index in [1.165, 1.54) is 19.2 Å². The van der Waals surface area contributed by atoms with E-state index < -0.39 is 11.8 Å². The summed E-state index contributed by atoms with van der Waals surface area (Å²) >= 11 is 0. The van der Waals surface area contributed by atoms with Gasteiger partial charge in [0.05, 0.1) is 35.8 Å². The third kappa shape index (κ3) is 5.45. The van der Waals surface area contributed by atoms with Gasteiger partial charge in [0.25, 0.3) is 0 Å². The average Bonchev–Trinajstić information content (AvgIpc) is 2.83. The van der Waals surface area contributed by atoms with E-state index in [0.29, 0.717) is 52.8 Å². The summed E-state index contributed by atoms with van der Waals surface area (Å²) in [5, 5.41) is 16.4. The SMILES string of the molecule is COc1cccc(-c2cc(F)ccc2[C@H]2Cc3nc(N)nc(C)c3/C(=N/OCCCC(=O)O)N2)n1. The fourth-order valence-electron chi connectivity index (χ4n) is 3.98. The third-order valence-corrected chi connectivity index (χ3v) is 5.51. The van der Waals surface area contributed by atoms with Crippen LogP contribution in [0.2, 0.25) is 0 Å². The number of fused-ring (bicyclic) bond motifs is 1. The molecule has 0 spiro atoms. The van der Waals surface area contributed by atoms with Crippen molar-refractivity contribution in [1.29, 1.82) is 0 Å². The second-order valence-electron chi connectivity index (χ2n) is 7.96. The Morgan fingerprint density at radius 2 is 2.11 bits per heavy atom. The van der Waals surface area contributed by atoms with Gasteiger partial charge in [-0.1, -0.05) is 17.3 Å². The topological polar surface area (TPSA) is 145 Å². The number of carboxylic acids is 1. The molecule has 0 unspecified atom stereocenters. The number of carbonyl (C=O) groups is 1. The molecule has 0 saturated carbocycles. The number of aliphatic carboxylic acids is 1. The number of benzene rings is 1. The van der Waals surface area contributed by atoms with Crippen LogP contribution in [0.25, 0.3) is 11.3 Å². The van der Waals surface area contributed by atoms with Crippen LogP contribution < -0.4 is 15.8 Å². The minimum atomic E-state index is -0.905. The van der Waals surface area contributed by atoms with Gasteiger partial charge in [0.15, 0.2) is 5.84 Å². The molecule has 0 bridgehead atoms. The minimum Gasteiger partial charge on any atom is -0.481 e. The van der Waals surface area contributed by atoms with Crippen LogP contribution in [0.5, 0.6) is 5.88 Å². The highest BCUT2D eigenvalue weighted by Crippen LogP contribution is 2.34. The van der Waals surface area contributed by atoms with Crippen LogP contribution >= 0.6 is 0 Å². The van der Waals surface area contributed by atoms with E-state index in [0.717, 1.165) is 5.56 Å². The summed E-state index contributed by atoms with van der Waals surface area (Å²) in [7, 11) is 1.52. The summed E-state index contributed by atoms with van der Waals surface area (Å²) in [6, 6.07) is 9.42. The van der Waals surface area contributed by atoms with E-state index in [2.05, 4.69) is 25.4 Å². The van der Waals surface area contributed by atoms with Gasteiger partial charge in [-0.25, -0.2) is 19.3 Å². The summed E-state index contributed by atoms with van der Waals surface area (Å²) in [6.45, 7) is 1.92. The lowest BCUT2D eigenvalue weighted by molar-refractivity contribution is -0.137. The molecule has 35 heavy (non-hydrogen) atoms. The van der Waals surface area contributed by atoms with Crippen molar-refractivity contribution in [3.8, 4) is 17.1 Å². The maximum atomic E-state index is 14.3. The molecule has 0 fully saturated rings. The van der Waals surface area contributed by atoms with E-state index in [4.69, 9.17) is 20.4 Å². The van der Waals surface area contributed by atoms with Crippen molar-refractivity contribution < 1.29 is 23.9 Å². The fraction of sp³-hybridized carbons (Fsp3) is 0.292. The number of nitrogens with zero attached hydrogens (tertiary/aromatic N) is 4. The number of aryl methyl sites for hydroxylation is 1. The zero-order valence-corrected chi connectivity index (χ0v) is 19.3. The molecule has 0 amide bonds. The molecular weight excluding hydrogens is 455 g/mol. The first kappa shape index (κ1) is 23.9. The number of carboxylic acid groups (broad SMARTS) is 1. The Hall–Kier alpha value is -4.28. The molecule has 2 aromatic heterocycles. The van der Waals surface area contributed by atoms with Crippen molar-refractivity contribution in [1.82, 2.24) is 20.3 Å². The van der Waals surface area contributed by atoms with Gasteiger partial charge in [-0.05, 0) is 37.1 Å². The molecule has 4 rings (SSSR count). The number of nitrogens with two attached hydrogens (primary N) is 1. The maximum Gasteiger partial charge on any atom is 0.303 e. The van der Waals surface area contributed by atoms with Gasteiger partial charge in [0, 0.05) is 24.5 Å². The van der Waals surface area contributed by atoms with Gasteiger partial charge >= 0.3 is 5.97 Å². The van der Waals surface area contributed by atoms with Crippen LogP contribution in [0.4, 0.5) is 10.3 Å². The van der Waals surface area contributed by atoms with Crippen molar-refractivity contribution in [2.75, 3.05) is 19.5 Å². The molecule has 1 aliphatic heterocycles. The summed E-state index contributed by atoms with van der Waals surface area (Å²) in [6.07, 6.45) is 0.718. The lowest BCUT2D eigenvalue weighted by Crippen LogP contribution is -2.38. The number of pyridine rings is 1. The fourth-order valence-corrected chi connectivity index (χ4v) is 3.98. The maximum absolute atomic E-state index is 14.3. The Balaban J connectivity index is 1.72. The quantitative estimate of drug-likeness (QED) is 0.327. The van der Waals surface area contributed by atoms with Crippen molar-refractivity contribution in [3.63, 3.8) is 0 Å². The molecule has 1 atom stereocenters. The number of halogens is 1. The molecule has 10 nitrogen and oxygen atoms in total. The number of nitrogens with one attached hydrogen (secondary N) is 1. The van der Waals surface area contributed by atoms with Crippen molar-refractivity contribution in [2.24, 2.45) is 5.16 Å².